The lowest BCUT2D eigenvalue weighted by Crippen LogP contribution is -2.29. The highest BCUT2D eigenvalue weighted by atomic mass is 32.2. The van der Waals surface area contributed by atoms with Crippen molar-refractivity contribution in [2.75, 3.05) is 18.1 Å². The van der Waals surface area contributed by atoms with Gasteiger partial charge in [0.15, 0.2) is 9.84 Å². The van der Waals surface area contributed by atoms with Crippen molar-refractivity contribution < 1.29 is 13.2 Å². The van der Waals surface area contributed by atoms with Gasteiger partial charge in [-0.05, 0) is 42.7 Å². The van der Waals surface area contributed by atoms with Crippen LogP contribution in [0.5, 0.6) is 0 Å². The third kappa shape index (κ3) is 3.36. The molecule has 2 aromatic rings. The van der Waals surface area contributed by atoms with E-state index in [4.69, 9.17) is 0 Å². The molecule has 0 aliphatic carbocycles. The SMILES string of the molecule is O=C(NC[C@H]1CCS(=O)(=O)C1)c1ccc(-n2cccn2)cc1. The summed E-state index contributed by atoms with van der Waals surface area (Å²) in [6.07, 6.45) is 4.15. The van der Waals surface area contributed by atoms with Gasteiger partial charge in [0, 0.05) is 24.5 Å². The first-order valence-electron chi connectivity index (χ1n) is 7.12. The molecule has 1 aromatic heterocycles. The van der Waals surface area contributed by atoms with Crippen LogP contribution in [0.15, 0.2) is 42.7 Å². The third-order valence-corrected chi connectivity index (χ3v) is 5.61. The van der Waals surface area contributed by atoms with Gasteiger partial charge in [-0.15, -0.1) is 0 Å². The predicted octanol–water partition coefficient (Wildman–Crippen LogP) is 1.04. The topological polar surface area (TPSA) is 81.1 Å². The van der Waals surface area contributed by atoms with E-state index in [0.29, 0.717) is 18.5 Å². The molecule has 6 nitrogen and oxygen atoms in total. The number of sulfone groups is 1. The van der Waals surface area contributed by atoms with Crippen molar-refractivity contribution in [3.63, 3.8) is 0 Å². The van der Waals surface area contributed by atoms with E-state index in [1.165, 1.54) is 0 Å². The molecule has 22 heavy (non-hydrogen) atoms. The van der Waals surface area contributed by atoms with E-state index in [-0.39, 0.29) is 23.3 Å². The molecule has 0 bridgehead atoms. The van der Waals surface area contributed by atoms with Crippen LogP contribution in [0.25, 0.3) is 5.69 Å². The monoisotopic (exact) mass is 319 g/mol. The van der Waals surface area contributed by atoms with Crippen LogP contribution in [0.4, 0.5) is 0 Å². The molecule has 1 aliphatic rings. The van der Waals surface area contributed by atoms with Gasteiger partial charge in [-0.3, -0.25) is 4.79 Å². The minimum absolute atomic E-state index is 0.0253. The van der Waals surface area contributed by atoms with Crippen LogP contribution in [-0.2, 0) is 9.84 Å². The summed E-state index contributed by atoms with van der Waals surface area (Å²) in [7, 11) is -2.90. The Labute approximate surface area is 129 Å². The molecule has 1 saturated heterocycles. The summed E-state index contributed by atoms with van der Waals surface area (Å²) in [5.41, 5.74) is 1.43. The molecule has 1 amide bonds. The molecule has 0 saturated carbocycles. The molecule has 116 valence electrons. The number of hydrogen-bond acceptors (Lipinski definition) is 4. The Morgan fingerprint density at radius 1 is 1.32 bits per heavy atom. The number of nitrogens with one attached hydrogen (secondary N) is 1. The van der Waals surface area contributed by atoms with E-state index < -0.39 is 9.84 Å². The number of hydrogen-bond donors (Lipinski definition) is 1. The number of carbonyl (C=O) groups is 1. The van der Waals surface area contributed by atoms with Crippen LogP contribution in [0.1, 0.15) is 16.8 Å². The number of benzene rings is 1. The van der Waals surface area contributed by atoms with E-state index in [1.54, 1.807) is 23.0 Å². The fourth-order valence-corrected chi connectivity index (χ4v) is 4.42. The van der Waals surface area contributed by atoms with E-state index in [9.17, 15) is 13.2 Å². The van der Waals surface area contributed by atoms with Gasteiger partial charge in [-0.25, -0.2) is 13.1 Å². The van der Waals surface area contributed by atoms with Gasteiger partial charge in [0.25, 0.3) is 5.91 Å². The molecule has 1 fully saturated rings. The summed E-state index contributed by atoms with van der Waals surface area (Å²) in [6, 6.07) is 8.94. The van der Waals surface area contributed by atoms with Crippen LogP contribution >= 0.6 is 0 Å². The molecular formula is C15H17N3O3S. The highest BCUT2D eigenvalue weighted by molar-refractivity contribution is 7.91. The Kier molecular flexibility index (Phi) is 3.98. The van der Waals surface area contributed by atoms with Gasteiger partial charge in [-0.2, -0.15) is 5.10 Å². The summed E-state index contributed by atoms with van der Waals surface area (Å²) in [5.74, 6) is 0.242. The average Bonchev–Trinajstić information content (AvgIpc) is 3.14. The summed E-state index contributed by atoms with van der Waals surface area (Å²) >= 11 is 0. The Morgan fingerprint density at radius 2 is 2.09 bits per heavy atom. The molecule has 1 N–H and O–H groups in total. The van der Waals surface area contributed by atoms with Gasteiger partial charge in [-0.1, -0.05) is 0 Å². The highest BCUT2D eigenvalue weighted by Gasteiger charge is 2.27. The summed E-state index contributed by atoms with van der Waals surface area (Å²) in [4.78, 5) is 12.1. The molecule has 3 rings (SSSR count). The lowest BCUT2D eigenvalue weighted by Gasteiger charge is -2.10. The standard InChI is InChI=1S/C15H17N3O3S/c19-15(16-10-12-6-9-22(20,21)11-12)13-2-4-14(5-3-13)18-8-1-7-17-18/h1-5,7-8,12H,6,9-11H2,(H,16,19)/t12-/m1/s1. The Hall–Kier alpha value is -2.15. The maximum atomic E-state index is 12.1. The van der Waals surface area contributed by atoms with Gasteiger partial charge < -0.3 is 5.32 Å². The van der Waals surface area contributed by atoms with E-state index in [0.717, 1.165) is 5.69 Å². The van der Waals surface area contributed by atoms with E-state index in [1.807, 2.05) is 24.4 Å². The number of aromatic nitrogens is 2. The second kappa shape index (κ2) is 5.92. The van der Waals surface area contributed by atoms with Crippen molar-refractivity contribution in [3.8, 4) is 5.69 Å². The second-order valence-corrected chi connectivity index (χ2v) is 7.71. The van der Waals surface area contributed by atoms with Gasteiger partial charge in [0.1, 0.15) is 0 Å². The molecule has 7 heteroatoms. The number of rotatable bonds is 4. The van der Waals surface area contributed by atoms with Crippen molar-refractivity contribution in [3.05, 3.63) is 48.3 Å². The normalized spacial score (nSPS) is 19.9. The van der Waals surface area contributed by atoms with Gasteiger partial charge in [0.05, 0.1) is 17.2 Å². The van der Waals surface area contributed by atoms with Crippen molar-refractivity contribution in [1.82, 2.24) is 15.1 Å². The van der Waals surface area contributed by atoms with E-state index >= 15 is 0 Å². The molecule has 0 spiro atoms. The molecule has 1 atom stereocenters. The van der Waals surface area contributed by atoms with Crippen LogP contribution in [0.3, 0.4) is 0 Å². The van der Waals surface area contributed by atoms with Crippen molar-refractivity contribution in [2.45, 2.75) is 6.42 Å². The maximum absolute atomic E-state index is 12.1. The molecule has 0 radical (unpaired) electrons. The summed E-state index contributed by atoms with van der Waals surface area (Å²) in [6.45, 7) is 0.402. The second-order valence-electron chi connectivity index (χ2n) is 5.48. The smallest absolute Gasteiger partial charge is 0.251 e. The first-order valence-corrected chi connectivity index (χ1v) is 8.94. The number of carbonyl (C=O) groups excluding carboxylic acids is 1. The molecule has 2 heterocycles. The highest BCUT2D eigenvalue weighted by Crippen LogP contribution is 2.17. The first-order chi connectivity index (χ1) is 10.5. The van der Waals surface area contributed by atoms with Gasteiger partial charge in [0.2, 0.25) is 0 Å². The lowest BCUT2D eigenvalue weighted by molar-refractivity contribution is 0.0948. The number of amides is 1. The Morgan fingerprint density at radius 3 is 2.68 bits per heavy atom. The van der Waals surface area contributed by atoms with E-state index in [2.05, 4.69) is 10.4 Å². The predicted molar refractivity (Wildman–Crippen MR) is 82.7 cm³/mol. The molecule has 1 aliphatic heterocycles. The van der Waals surface area contributed by atoms with Crippen molar-refractivity contribution in [2.24, 2.45) is 5.92 Å². The Balaban J connectivity index is 1.59. The largest absolute Gasteiger partial charge is 0.352 e. The van der Waals surface area contributed by atoms with Crippen LogP contribution < -0.4 is 5.32 Å². The Bertz CT molecular complexity index is 752. The minimum Gasteiger partial charge on any atom is -0.352 e. The lowest BCUT2D eigenvalue weighted by atomic mass is 10.1. The summed E-state index contributed by atoms with van der Waals surface area (Å²) < 4.78 is 24.5. The van der Waals surface area contributed by atoms with Crippen molar-refractivity contribution in [1.29, 1.82) is 0 Å². The molecular weight excluding hydrogens is 302 g/mol. The van der Waals surface area contributed by atoms with Crippen LogP contribution in [0, 0.1) is 5.92 Å². The third-order valence-electron chi connectivity index (χ3n) is 3.78. The fourth-order valence-electron chi connectivity index (χ4n) is 2.56. The maximum Gasteiger partial charge on any atom is 0.251 e. The average molecular weight is 319 g/mol. The quantitative estimate of drug-likeness (QED) is 0.913. The van der Waals surface area contributed by atoms with Crippen LogP contribution in [0.2, 0.25) is 0 Å². The number of nitrogens with zero attached hydrogens (tertiary/aromatic N) is 2. The molecule has 1 aromatic carbocycles. The zero-order valence-electron chi connectivity index (χ0n) is 12.0. The van der Waals surface area contributed by atoms with Gasteiger partial charge >= 0.3 is 0 Å². The first kappa shape index (κ1) is 14.8. The van der Waals surface area contributed by atoms with Crippen LogP contribution in [-0.4, -0.2) is 42.2 Å². The molecule has 0 unspecified atom stereocenters. The minimum atomic E-state index is -2.90. The zero-order valence-corrected chi connectivity index (χ0v) is 12.8. The van der Waals surface area contributed by atoms with Crippen molar-refractivity contribution >= 4 is 15.7 Å². The zero-order chi connectivity index (χ0) is 15.6. The summed E-state index contributed by atoms with van der Waals surface area (Å²) in [5, 5.41) is 6.93. The fraction of sp³-hybridized carbons (Fsp3) is 0.333.